The van der Waals surface area contributed by atoms with Gasteiger partial charge in [-0.25, -0.2) is 0 Å². The zero-order valence-corrected chi connectivity index (χ0v) is 9.85. The monoisotopic (exact) mass is 225 g/mol. The van der Waals surface area contributed by atoms with E-state index in [9.17, 15) is 9.59 Å². The molecule has 0 spiro atoms. The number of aliphatic hydroxyl groups excluding tert-OH is 1. The van der Waals surface area contributed by atoms with E-state index in [1.807, 2.05) is 13.8 Å². The molecule has 2 aliphatic rings. The number of rotatable bonds is 3. The van der Waals surface area contributed by atoms with Crippen molar-refractivity contribution < 1.29 is 14.7 Å². The second kappa shape index (κ2) is 4.17. The number of nitrogens with zero attached hydrogens (tertiary/aromatic N) is 1. The van der Waals surface area contributed by atoms with Crippen LogP contribution in [0.2, 0.25) is 0 Å². The van der Waals surface area contributed by atoms with E-state index in [2.05, 4.69) is 0 Å². The van der Waals surface area contributed by atoms with Gasteiger partial charge in [0.1, 0.15) is 0 Å². The lowest BCUT2D eigenvalue weighted by Crippen LogP contribution is -2.53. The molecule has 2 fully saturated rings. The molecular formula is C12H19NO3. The van der Waals surface area contributed by atoms with E-state index in [0.717, 1.165) is 19.3 Å². The fraction of sp³-hybridized carbons (Fsp3) is 0.833. The Hall–Kier alpha value is -0.900. The molecule has 1 aliphatic heterocycles. The van der Waals surface area contributed by atoms with Crippen LogP contribution in [0.15, 0.2) is 0 Å². The smallest absolute Gasteiger partial charge is 0.232 e. The molecule has 2 amide bonds. The van der Waals surface area contributed by atoms with E-state index in [0.29, 0.717) is 0 Å². The molecule has 0 aromatic carbocycles. The zero-order chi connectivity index (χ0) is 11.9. The summed E-state index contributed by atoms with van der Waals surface area (Å²) in [5.74, 6) is 0.00980. The summed E-state index contributed by atoms with van der Waals surface area (Å²) in [6.45, 7) is 3.72. The summed E-state index contributed by atoms with van der Waals surface area (Å²) in [4.78, 5) is 25.6. The van der Waals surface area contributed by atoms with E-state index >= 15 is 0 Å². The predicted molar refractivity (Wildman–Crippen MR) is 58.4 cm³/mol. The first-order chi connectivity index (χ1) is 7.56. The summed E-state index contributed by atoms with van der Waals surface area (Å²) < 4.78 is 0. The molecule has 16 heavy (non-hydrogen) atoms. The number of fused-ring (bicyclic) bond motifs is 2. The van der Waals surface area contributed by atoms with Crippen LogP contribution in [-0.4, -0.2) is 34.5 Å². The van der Waals surface area contributed by atoms with E-state index in [4.69, 9.17) is 5.11 Å². The highest BCUT2D eigenvalue weighted by atomic mass is 16.3. The lowest BCUT2D eigenvalue weighted by Gasteiger charge is -2.36. The van der Waals surface area contributed by atoms with Crippen molar-refractivity contribution in [2.45, 2.75) is 39.2 Å². The van der Waals surface area contributed by atoms with Crippen molar-refractivity contribution >= 4 is 11.8 Å². The average molecular weight is 225 g/mol. The lowest BCUT2D eigenvalue weighted by molar-refractivity contribution is -0.156. The highest BCUT2D eigenvalue weighted by molar-refractivity contribution is 6.01. The number of hydrogen-bond acceptors (Lipinski definition) is 3. The van der Waals surface area contributed by atoms with Gasteiger partial charge in [0.05, 0.1) is 0 Å². The molecule has 1 saturated carbocycles. The Balaban J connectivity index is 2.19. The highest BCUT2D eigenvalue weighted by Gasteiger charge is 2.47. The minimum atomic E-state index is -0.187. The molecule has 1 N–H and O–H groups in total. The molecule has 4 atom stereocenters. The minimum absolute atomic E-state index is 0.00750. The topological polar surface area (TPSA) is 57.6 Å². The number of imide groups is 1. The Bertz CT molecular complexity index is 293. The van der Waals surface area contributed by atoms with Crippen molar-refractivity contribution in [2.24, 2.45) is 17.8 Å². The van der Waals surface area contributed by atoms with Gasteiger partial charge in [0.25, 0.3) is 0 Å². The maximum absolute atomic E-state index is 12.1. The number of carbonyl (C=O) groups excluding carboxylic acids is 2. The molecule has 0 aromatic heterocycles. The van der Waals surface area contributed by atoms with Crippen molar-refractivity contribution in [3.8, 4) is 0 Å². The molecule has 0 aromatic rings. The first kappa shape index (κ1) is 11.6. The van der Waals surface area contributed by atoms with E-state index < -0.39 is 0 Å². The van der Waals surface area contributed by atoms with Crippen LogP contribution in [-0.2, 0) is 9.59 Å². The normalized spacial score (nSPS) is 33.1. The van der Waals surface area contributed by atoms with Crippen LogP contribution in [0.1, 0.15) is 33.1 Å². The lowest BCUT2D eigenvalue weighted by atomic mass is 9.93. The molecule has 4 heteroatoms. The summed E-state index contributed by atoms with van der Waals surface area (Å²) in [6.07, 6.45) is 2.45. The number of carbonyl (C=O) groups is 2. The van der Waals surface area contributed by atoms with Gasteiger partial charge < -0.3 is 5.11 Å². The van der Waals surface area contributed by atoms with Gasteiger partial charge in [-0.15, -0.1) is 0 Å². The Kier molecular flexibility index (Phi) is 3.02. The van der Waals surface area contributed by atoms with Gasteiger partial charge in [-0.2, -0.15) is 0 Å². The molecule has 2 rings (SSSR count). The average Bonchev–Trinajstić information content (AvgIpc) is 2.72. The van der Waals surface area contributed by atoms with Gasteiger partial charge in [-0.3, -0.25) is 14.5 Å². The maximum atomic E-state index is 12.1. The van der Waals surface area contributed by atoms with Gasteiger partial charge in [-0.1, -0.05) is 6.92 Å². The number of hydrogen-bond donors (Lipinski definition) is 1. The Morgan fingerprint density at radius 3 is 2.19 bits per heavy atom. The van der Waals surface area contributed by atoms with E-state index in [1.54, 1.807) is 0 Å². The fourth-order valence-electron chi connectivity index (χ4n) is 2.74. The van der Waals surface area contributed by atoms with E-state index in [-0.39, 0.29) is 42.2 Å². The molecule has 4 nitrogen and oxygen atoms in total. The van der Waals surface area contributed by atoms with Gasteiger partial charge in [0.15, 0.2) is 0 Å². The Morgan fingerprint density at radius 1 is 1.25 bits per heavy atom. The molecule has 90 valence electrons. The first-order valence-corrected chi connectivity index (χ1v) is 6.04. The van der Waals surface area contributed by atoms with E-state index in [1.165, 1.54) is 4.90 Å². The zero-order valence-electron chi connectivity index (χ0n) is 9.85. The maximum Gasteiger partial charge on any atom is 0.232 e. The Morgan fingerprint density at radius 2 is 1.75 bits per heavy atom. The summed E-state index contributed by atoms with van der Waals surface area (Å²) in [6, 6.07) is -0.187. The van der Waals surface area contributed by atoms with Crippen molar-refractivity contribution in [1.29, 1.82) is 0 Å². The molecule has 1 heterocycles. The third-order valence-corrected chi connectivity index (χ3v) is 4.12. The largest absolute Gasteiger partial charge is 0.396 e. The van der Waals surface area contributed by atoms with Crippen LogP contribution in [0.5, 0.6) is 0 Å². The number of aliphatic hydroxyl groups is 1. The van der Waals surface area contributed by atoms with Crippen LogP contribution in [0.25, 0.3) is 0 Å². The highest BCUT2D eigenvalue weighted by Crippen LogP contribution is 2.39. The fourth-order valence-corrected chi connectivity index (χ4v) is 2.74. The van der Waals surface area contributed by atoms with Crippen LogP contribution in [0.4, 0.5) is 0 Å². The van der Waals surface area contributed by atoms with Crippen LogP contribution < -0.4 is 0 Å². The van der Waals surface area contributed by atoms with Gasteiger partial charge in [0, 0.05) is 24.5 Å². The summed E-state index contributed by atoms with van der Waals surface area (Å²) >= 11 is 0. The van der Waals surface area contributed by atoms with Crippen molar-refractivity contribution in [2.75, 3.05) is 6.61 Å². The summed E-state index contributed by atoms with van der Waals surface area (Å²) in [5, 5.41) is 9.11. The SMILES string of the molecule is CC(CO)C(C)N1C(=O)C2CCC(C2)C1=O. The Labute approximate surface area is 95.6 Å². The van der Waals surface area contributed by atoms with Gasteiger partial charge >= 0.3 is 0 Å². The quantitative estimate of drug-likeness (QED) is 0.722. The second-order valence-electron chi connectivity index (χ2n) is 5.15. The number of amides is 2. The van der Waals surface area contributed by atoms with Crippen LogP contribution in [0.3, 0.4) is 0 Å². The second-order valence-corrected chi connectivity index (χ2v) is 5.15. The van der Waals surface area contributed by atoms with Gasteiger partial charge in [0.2, 0.25) is 11.8 Å². The third kappa shape index (κ3) is 1.65. The minimum Gasteiger partial charge on any atom is -0.396 e. The van der Waals surface area contributed by atoms with Crippen LogP contribution >= 0.6 is 0 Å². The molecular weight excluding hydrogens is 206 g/mol. The predicted octanol–water partition coefficient (Wildman–Crippen LogP) is 0.788. The molecule has 1 aliphatic carbocycles. The standard InChI is InChI=1S/C12H19NO3/c1-7(6-14)8(2)13-11(15)9-3-4-10(5-9)12(13)16/h7-10,14H,3-6H2,1-2H3. The van der Waals surface area contributed by atoms with Crippen LogP contribution in [0, 0.1) is 17.8 Å². The molecule has 2 bridgehead atoms. The van der Waals surface area contributed by atoms with Crippen molar-refractivity contribution in [3.63, 3.8) is 0 Å². The van der Waals surface area contributed by atoms with Gasteiger partial charge in [-0.05, 0) is 32.1 Å². The van der Waals surface area contributed by atoms with Crippen molar-refractivity contribution in [3.05, 3.63) is 0 Å². The first-order valence-electron chi connectivity index (χ1n) is 6.04. The molecule has 0 radical (unpaired) electrons. The molecule has 4 unspecified atom stereocenters. The summed E-state index contributed by atoms with van der Waals surface area (Å²) in [5.41, 5.74) is 0. The number of likely N-dealkylation sites (tertiary alicyclic amines) is 1. The molecule has 1 saturated heterocycles. The third-order valence-electron chi connectivity index (χ3n) is 4.12. The summed E-state index contributed by atoms with van der Waals surface area (Å²) in [7, 11) is 0. The number of piperidine rings is 1. The van der Waals surface area contributed by atoms with Crippen molar-refractivity contribution in [1.82, 2.24) is 4.90 Å².